The van der Waals surface area contributed by atoms with E-state index in [0.717, 1.165) is 25.9 Å². The Morgan fingerprint density at radius 2 is 1.73 bits per heavy atom. The molecule has 0 aliphatic rings. The molecule has 1 aromatic rings. The van der Waals surface area contributed by atoms with Gasteiger partial charge in [0.2, 0.25) is 0 Å². The second-order valence-electron chi connectivity index (χ2n) is 5.34. The van der Waals surface area contributed by atoms with Gasteiger partial charge in [-0.1, -0.05) is 65.2 Å². The molecule has 1 rings (SSSR count). The fourth-order valence-electron chi connectivity index (χ4n) is 2.00. The lowest BCUT2D eigenvalue weighted by Gasteiger charge is -2.14. The maximum Gasteiger partial charge on any atom is 0.338 e. The fraction of sp³-hybridized carbons (Fsp3) is 0.632. The van der Waals surface area contributed by atoms with E-state index in [0.29, 0.717) is 18.1 Å². The number of benzene rings is 1. The van der Waals surface area contributed by atoms with Crippen molar-refractivity contribution in [2.24, 2.45) is 5.92 Å². The zero-order valence-electron chi connectivity index (χ0n) is 14.7. The van der Waals surface area contributed by atoms with Crippen LogP contribution in [0.5, 0.6) is 0 Å². The molecule has 0 bridgehead atoms. The Labute approximate surface area is 136 Å². The Morgan fingerprint density at radius 3 is 2.18 bits per heavy atom. The number of hydrogen-bond donors (Lipinski definition) is 1. The summed E-state index contributed by atoms with van der Waals surface area (Å²) in [7, 11) is 0. The second kappa shape index (κ2) is 14.6. The second-order valence-corrected chi connectivity index (χ2v) is 5.34. The van der Waals surface area contributed by atoms with Crippen LogP contribution in [0.1, 0.15) is 63.7 Å². The van der Waals surface area contributed by atoms with Gasteiger partial charge in [-0.2, -0.15) is 0 Å². The van der Waals surface area contributed by atoms with Crippen molar-refractivity contribution in [2.45, 2.75) is 53.4 Å². The number of carbonyl (C=O) groups is 1. The Hall–Kier alpha value is -1.35. The molecule has 0 aromatic heterocycles. The molecule has 1 atom stereocenters. The van der Waals surface area contributed by atoms with Crippen molar-refractivity contribution in [3.63, 3.8) is 0 Å². The van der Waals surface area contributed by atoms with E-state index in [1.54, 1.807) is 12.1 Å². The number of rotatable bonds is 9. The lowest BCUT2D eigenvalue weighted by atomic mass is 10.0. The summed E-state index contributed by atoms with van der Waals surface area (Å²) in [5.41, 5.74) is 0.637. The summed E-state index contributed by atoms with van der Waals surface area (Å²) in [6, 6.07) is 9.17. The standard InChI is InChI=1S/C15H22O2.C4H11N/c1-3-5-9-13(4-2)12-17-15(16)14-10-7-6-8-11-14;1-3-5-4-2/h6-8,10-11,13H,3-5,9,12H2,1-2H3;5H,3-4H2,1-2H3. The number of unbranched alkanes of at least 4 members (excludes halogenated alkanes) is 1. The maximum absolute atomic E-state index is 11.7. The number of ether oxygens (including phenoxy) is 1. The van der Waals surface area contributed by atoms with E-state index >= 15 is 0 Å². The quantitative estimate of drug-likeness (QED) is 0.673. The predicted octanol–water partition coefficient (Wildman–Crippen LogP) is 4.68. The molecule has 3 nitrogen and oxygen atoms in total. The van der Waals surface area contributed by atoms with Crippen LogP contribution in [-0.4, -0.2) is 25.7 Å². The molecule has 22 heavy (non-hydrogen) atoms. The molecule has 0 aliphatic heterocycles. The van der Waals surface area contributed by atoms with Crippen molar-refractivity contribution in [3.05, 3.63) is 35.9 Å². The van der Waals surface area contributed by atoms with E-state index in [1.165, 1.54) is 12.8 Å². The van der Waals surface area contributed by atoms with Crippen LogP contribution in [0.15, 0.2) is 30.3 Å². The third-order valence-corrected chi connectivity index (χ3v) is 3.50. The fourth-order valence-corrected chi connectivity index (χ4v) is 2.00. The minimum atomic E-state index is -0.208. The molecule has 0 aliphatic carbocycles. The van der Waals surface area contributed by atoms with Crippen LogP contribution in [0, 0.1) is 5.92 Å². The van der Waals surface area contributed by atoms with Gasteiger partial charge in [-0.3, -0.25) is 0 Å². The highest BCUT2D eigenvalue weighted by atomic mass is 16.5. The molecular weight excluding hydrogens is 274 g/mol. The summed E-state index contributed by atoms with van der Waals surface area (Å²) in [5, 5.41) is 3.11. The first-order chi connectivity index (χ1) is 10.7. The predicted molar refractivity (Wildman–Crippen MR) is 94.2 cm³/mol. The molecule has 0 heterocycles. The summed E-state index contributed by atoms with van der Waals surface area (Å²) in [6.45, 7) is 11.3. The van der Waals surface area contributed by atoms with E-state index in [-0.39, 0.29) is 5.97 Å². The summed E-state index contributed by atoms with van der Waals surface area (Å²) in [5.74, 6) is 0.295. The van der Waals surface area contributed by atoms with Crippen LogP contribution in [0.2, 0.25) is 0 Å². The smallest absolute Gasteiger partial charge is 0.338 e. The van der Waals surface area contributed by atoms with Crippen LogP contribution in [-0.2, 0) is 4.74 Å². The molecule has 126 valence electrons. The zero-order valence-corrected chi connectivity index (χ0v) is 14.7. The monoisotopic (exact) mass is 307 g/mol. The first-order valence-electron chi connectivity index (χ1n) is 8.62. The van der Waals surface area contributed by atoms with Crippen LogP contribution < -0.4 is 5.32 Å². The SMILES string of the molecule is CCCCC(CC)COC(=O)c1ccccc1.CCNCC. The highest BCUT2D eigenvalue weighted by Gasteiger charge is 2.11. The van der Waals surface area contributed by atoms with Gasteiger partial charge in [-0.15, -0.1) is 0 Å². The van der Waals surface area contributed by atoms with Gasteiger partial charge in [0.05, 0.1) is 12.2 Å². The largest absolute Gasteiger partial charge is 0.462 e. The van der Waals surface area contributed by atoms with Crippen molar-refractivity contribution < 1.29 is 9.53 Å². The molecule has 0 fully saturated rings. The Morgan fingerprint density at radius 1 is 1.09 bits per heavy atom. The number of carbonyl (C=O) groups excluding carboxylic acids is 1. The molecule has 3 heteroatoms. The Balaban J connectivity index is 0.000000763. The Kier molecular flexibility index (Phi) is 13.7. The average molecular weight is 307 g/mol. The van der Waals surface area contributed by atoms with E-state index < -0.39 is 0 Å². The summed E-state index contributed by atoms with van der Waals surface area (Å²) < 4.78 is 5.34. The Bertz CT molecular complexity index is 363. The molecule has 0 saturated carbocycles. The van der Waals surface area contributed by atoms with E-state index in [4.69, 9.17) is 4.74 Å². The highest BCUT2D eigenvalue weighted by molar-refractivity contribution is 5.89. The normalized spacial score (nSPS) is 11.3. The number of nitrogens with one attached hydrogen (secondary N) is 1. The summed E-state index contributed by atoms with van der Waals surface area (Å²) >= 11 is 0. The van der Waals surface area contributed by atoms with E-state index in [2.05, 4.69) is 33.0 Å². The molecule has 0 amide bonds. The van der Waals surface area contributed by atoms with Gasteiger partial charge in [0.15, 0.2) is 0 Å². The van der Waals surface area contributed by atoms with E-state index in [9.17, 15) is 4.79 Å². The van der Waals surface area contributed by atoms with Gasteiger partial charge in [0.1, 0.15) is 0 Å². The lowest BCUT2D eigenvalue weighted by Crippen LogP contribution is -2.13. The minimum Gasteiger partial charge on any atom is -0.462 e. The topological polar surface area (TPSA) is 38.3 Å². The first-order valence-corrected chi connectivity index (χ1v) is 8.62. The molecule has 0 radical (unpaired) electrons. The van der Waals surface area contributed by atoms with Crippen LogP contribution in [0.3, 0.4) is 0 Å². The molecule has 0 saturated heterocycles. The van der Waals surface area contributed by atoms with Crippen LogP contribution >= 0.6 is 0 Å². The summed E-state index contributed by atoms with van der Waals surface area (Å²) in [6.07, 6.45) is 4.63. The third-order valence-electron chi connectivity index (χ3n) is 3.50. The van der Waals surface area contributed by atoms with Gasteiger partial charge >= 0.3 is 5.97 Å². The van der Waals surface area contributed by atoms with Gasteiger partial charge < -0.3 is 10.1 Å². The van der Waals surface area contributed by atoms with Gasteiger partial charge in [-0.05, 0) is 37.6 Å². The van der Waals surface area contributed by atoms with Gasteiger partial charge in [0.25, 0.3) is 0 Å². The molecule has 1 N–H and O–H groups in total. The molecule has 1 unspecified atom stereocenters. The van der Waals surface area contributed by atoms with Gasteiger partial charge in [-0.25, -0.2) is 4.79 Å². The highest BCUT2D eigenvalue weighted by Crippen LogP contribution is 2.13. The molecule has 0 spiro atoms. The molecule has 1 aromatic carbocycles. The van der Waals surface area contributed by atoms with Crippen molar-refractivity contribution in [1.82, 2.24) is 5.32 Å². The van der Waals surface area contributed by atoms with Gasteiger partial charge in [0, 0.05) is 0 Å². The number of esters is 1. The van der Waals surface area contributed by atoms with Crippen molar-refractivity contribution in [1.29, 1.82) is 0 Å². The van der Waals surface area contributed by atoms with Crippen molar-refractivity contribution in [2.75, 3.05) is 19.7 Å². The maximum atomic E-state index is 11.7. The minimum absolute atomic E-state index is 0.208. The average Bonchev–Trinajstić information content (AvgIpc) is 2.57. The zero-order chi connectivity index (χ0) is 16.6. The third kappa shape index (κ3) is 10.4. The lowest BCUT2D eigenvalue weighted by molar-refractivity contribution is 0.0428. The molecular formula is C19H33NO2. The van der Waals surface area contributed by atoms with Crippen molar-refractivity contribution >= 4 is 5.97 Å². The first kappa shape index (κ1) is 20.6. The summed E-state index contributed by atoms with van der Waals surface area (Å²) in [4.78, 5) is 11.7. The van der Waals surface area contributed by atoms with E-state index in [1.807, 2.05) is 18.2 Å². The van der Waals surface area contributed by atoms with Crippen LogP contribution in [0.4, 0.5) is 0 Å². The van der Waals surface area contributed by atoms with Crippen molar-refractivity contribution in [3.8, 4) is 0 Å². The van der Waals surface area contributed by atoms with Crippen LogP contribution in [0.25, 0.3) is 0 Å². The number of hydrogen-bond acceptors (Lipinski definition) is 3.